The highest BCUT2D eigenvalue weighted by atomic mass is 16.6. The molecule has 6 rings (SSSR count). The highest BCUT2D eigenvalue weighted by Gasteiger charge is 2.40. The average molecular weight is 443 g/mol. The lowest BCUT2D eigenvalue weighted by atomic mass is 10.0. The molecule has 166 valence electrons. The van der Waals surface area contributed by atoms with Crippen LogP contribution in [-0.4, -0.2) is 60.3 Å². The van der Waals surface area contributed by atoms with Crippen LogP contribution in [-0.2, 0) is 6.54 Å². The van der Waals surface area contributed by atoms with Crippen LogP contribution in [0.4, 0.5) is 0 Å². The van der Waals surface area contributed by atoms with Crippen LogP contribution >= 0.6 is 0 Å². The number of ether oxygens (including phenoxy) is 2. The molecule has 4 aromatic rings. The van der Waals surface area contributed by atoms with E-state index in [-0.39, 0.29) is 11.9 Å². The van der Waals surface area contributed by atoms with Crippen molar-refractivity contribution < 1.29 is 14.3 Å². The number of fused-ring (bicyclic) bond motifs is 2. The number of nitrogens with zero attached hydrogens (tertiary/aromatic N) is 7. The van der Waals surface area contributed by atoms with E-state index in [1.807, 2.05) is 58.1 Å². The Hall–Kier alpha value is -4.21. The summed E-state index contributed by atoms with van der Waals surface area (Å²) < 4.78 is 15.0. The number of tetrazole rings is 1. The summed E-state index contributed by atoms with van der Waals surface area (Å²) in [5.41, 5.74) is 2.33. The van der Waals surface area contributed by atoms with Crippen LogP contribution in [0.1, 0.15) is 34.2 Å². The number of imidazole rings is 1. The zero-order valence-electron chi connectivity index (χ0n) is 17.7. The fraction of sp³-hybridized carbons (Fsp3) is 0.261. The fourth-order valence-electron chi connectivity index (χ4n) is 4.43. The Morgan fingerprint density at radius 3 is 2.79 bits per heavy atom. The number of rotatable bonds is 6. The SMILES string of the molecule is O=C1c2ccccc2C(c2nnnn2-c2ccc3c(c2)OCCO3)N1CCCn1ccnc1. The molecule has 2 aromatic carbocycles. The molecule has 0 bridgehead atoms. The summed E-state index contributed by atoms with van der Waals surface area (Å²) in [4.78, 5) is 19.3. The van der Waals surface area contributed by atoms with Crippen molar-refractivity contribution in [2.75, 3.05) is 19.8 Å². The van der Waals surface area contributed by atoms with Crippen molar-refractivity contribution in [1.29, 1.82) is 0 Å². The first-order valence-corrected chi connectivity index (χ1v) is 10.8. The number of aromatic nitrogens is 6. The van der Waals surface area contributed by atoms with Crippen molar-refractivity contribution in [3.63, 3.8) is 0 Å². The second-order valence-electron chi connectivity index (χ2n) is 7.92. The van der Waals surface area contributed by atoms with Gasteiger partial charge in [-0.1, -0.05) is 18.2 Å². The van der Waals surface area contributed by atoms with Gasteiger partial charge >= 0.3 is 0 Å². The van der Waals surface area contributed by atoms with E-state index in [4.69, 9.17) is 9.47 Å². The van der Waals surface area contributed by atoms with Crippen molar-refractivity contribution in [1.82, 2.24) is 34.7 Å². The molecule has 2 aromatic heterocycles. The first kappa shape index (κ1) is 19.5. The number of aryl methyl sites for hydroxylation is 1. The highest BCUT2D eigenvalue weighted by Crippen LogP contribution is 2.39. The van der Waals surface area contributed by atoms with Gasteiger partial charge in [-0.15, -0.1) is 5.10 Å². The standard InChI is InChI=1S/C23H21N7O3/c31-23-18-5-2-1-4-17(18)21(29(23)10-3-9-28-11-8-24-15-28)22-25-26-27-30(22)16-6-7-19-20(14-16)33-13-12-32-19/h1-2,4-8,11,14-15,21H,3,9-10,12-13H2. The maximum absolute atomic E-state index is 13.3. The lowest BCUT2D eigenvalue weighted by Crippen LogP contribution is -2.32. The number of hydrogen-bond acceptors (Lipinski definition) is 7. The molecule has 2 aliphatic heterocycles. The van der Waals surface area contributed by atoms with Gasteiger partial charge in [-0.05, 0) is 40.6 Å². The predicted octanol–water partition coefficient (Wildman–Crippen LogP) is 2.27. The number of carbonyl (C=O) groups excluding carboxylic acids is 1. The lowest BCUT2D eigenvalue weighted by Gasteiger charge is -2.25. The quantitative estimate of drug-likeness (QED) is 0.451. The maximum Gasteiger partial charge on any atom is 0.255 e. The van der Waals surface area contributed by atoms with Gasteiger partial charge in [-0.25, -0.2) is 4.98 Å². The molecule has 0 saturated heterocycles. The molecule has 1 unspecified atom stereocenters. The molecule has 10 nitrogen and oxygen atoms in total. The Bertz CT molecular complexity index is 1300. The van der Waals surface area contributed by atoms with Crippen molar-refractivity contribution >= 4 is 5.91 Å². The Labute approximate surface area is 189 Å². The van der Waals surface area contributed by atoms with Gasteiger partial charge in [-0.2, -0.15) is 4.68 Å². The van der Waals surface area contributed by atoms with Crippen molar-refractivity contribution in [2.45, 2.75) is 19.0 Å². The van der Waals surface area contributed by atoms with Crippen molar-refractivity contribution in [3.05, 3.63) is 78.1 Å². The Kier molecular flexibility index (Phi) is 4.75. The largest absolute Gasteiger partial charge is 0.486 e. The summed E-state index contributed by atoms with van der Waals surface area (Å²) in [6, 6.07) is 12.9. The summed E-state index contributed by atoms with van der Waals surface area (Å²) >= 11 is 0. The van der Waals surface area contributed by atoms with E-state index in [0.29, 0.717) is 42.6 Å². The van der Waals surface area contributed by atoms with Crippen LogP contribution in [0, 0.1) is 0 Å². The molecule has 0 N–H and O–H groups in total. The number of benzene rings is 2. The van der Waals surface area contributed by atoms with Gasteiger partial charge in [0.1, 0.15) is 19.3 Å². The lowest BCUT2D eigenvalue weighted by molar-refractivity contribution is 0.0739. The highest BCUT2D eigenvalue weighted by molar-refractivity contribution is 5.99. The minimum absolute atomic E-state index is 0.0158. The number of hydrogen-bond donors (Lipinski definition) is 0. The van der Waals surface area contributed by atoms with Crippen LogP contribution in [0.2, 0.25) is 0 Å². The summed E-state index contributed by atoms with van der Waals surface area (Å²) in [7, 11) is 0. The third-order valence-corrected chi connectivity index (χ3v) is 5.94. The predicted molar refractivity (Wildman–Crippen MR) is 116 cm³/mol. The smallest absolute Gasteiger partial charge is 0.255 e. The zero-order valence-corrected chi connectivity index (χ0v) is 17.7. The Balaban J connectivity index is 1.36. The minimum atomic E-state index is -0.389. The number of amides is 1. The van der Waals surface area contributed by atoms with E-state index in [1.165, 1.54) is 0 Å². The van der Waals surface area contributed by atoms with Gasteiger partial charge in [0, 0.05) is 37.1 Å². The van der Waals surface area contributed by atoms with E-state index in [9.17, 15) is 4.79 Å². The summed E-state index contributed by atoms with van der Waals surface area (Å²) in [6.45, 7) is 2.34. The first-order valence-electron chi connectivity index (χ1n) is 10.8. The summed E-state index contributed by atoms with van der Waals surface area (Å²) in [5.74, 6) is 1.91. The minimum Gasteiger partial charge on any atom is -0.486 e. The molecule has 0 spiro atoms. The molecule has 4 heterocycles. The molecule has 1 amide bonds. The molecular formula is C23H21N7O3. The molecule has 2 aliphatic rings. The molecule has 10 heteroatoms. The van der Waals surface area contributed by atoms with Gasteiger partial charge < -0.3 is 18.9 Å². The Morgan fingerprint density at radius 2 is 1.91 bits per heavy atom. The second kappa shape index (κ2) is 8.05. The monoisotopic (exact) mass is 443 g/mol. The molecule has 0 fully saturated rings. The summed E-state index contributed by atoms with van der Waals surface area (Å²) in [6.07, 6.45) is 6.22. The second-order valence-corrected chi connectivity index (χ2v) is 7.92. The average Bonchev–Trinajstić information content (AvgIpc) is 3.60. The topological polar surface area (TPSA) is 100 Å². The zero-order chi connectivity index (χ0) is 22.2. The molecule has 0 saturated carbocycles. The van der Waals surface area contributed by atoms with Crippen molar-refractivity contribution in [2.24, 2.45) is 0 Å². The van der Waals surface area contributed by atoms with Crippen LogP contribution in [0.5, 0.6) is 11.5 Å². The van der Waals surface area contributed by atoms with Gasteiger partial charge in [0.2, 0.25) is 0 Å². The molecule has 0 aliphatic carbocycles. The van der Waals surface area contributed by atoms with E-state index >= 15 is 0 Å². The van der Waals surface area contributed by atoms with E-state index in [1.54, 1.807) is 17.2 Å². The van der Waals surface area contributed by atoms with Crippen molar-refractivity contribution in [3.8, 4) is 17.2 Å². The molecular weight excluding hydrogens is 422 g/mol. The first-order chi connectivity index (χ1) is 16.3. The van der Waals surface area contributed by atoms with Crippen LogP contribution in [0.3, 0.4) is 0 Å². The van der Waals surface area contributed by atoms with Crippen LogP contribution in [0.25, 0.3) is 5.69 Å². The fourth-order valence-corrected chi connectivity index (χ4v) is 4.43. The third kappa shape index (κ3) is 3.39. The molecule has 33 heavy (non-hydrogen) atoms. The van der Waals surface area contributed by atoms with Gasteiger partial charge in [-0.3, -0.25) is 4.79 Å². The normalized spacial score (nSPS) is 16.8. The van der Waals surface area contributed by atoms with E-state index < -0.39 is 0 Å². The number of carbonyl (C=O) groups is 1. The van der Waals surface area contributed by atoms with Crippen LogP contribution in [0.15, 0.2) is 61.2 Å². The summed E-state index contributed by atoms with van der Waals surface area (Å²) in [5, 5.41) is 12.5. The van der Waals surface area contributed by atoms with Gasteiger partial charge in [0.25, 0.3) is 5.91 Å². The Morgan fingerprint density at radius 1 is 1.03 bits per heavy atom. The molecule has 0 radical (unpaired) electrons. The van der Waals surface area contributed by atoms with Gasteiger partial charge in [0.15, 0.2) is 17.3 Å². The third-order valence-electron chi connectivity index (χ3n) is 5.94. The van der Waals surface area contributed by atoms with E-state index in [2.05, 4.69) is 20.5 Å². The van der Waals surface area contributed by atoms with E-state index in [0.717, 1.165) is 24.2 Å². The van der Waals surface area contributed by atoms with Crippen LogP contribution < -0.4 is 9.47 Å². The van der Waals surface area contributed by atoms with Gasteiger partial charge in [0.05, 0.1) is 12.0 Å². The maximum atomic E-state index is 13.3. The molecule has 1 atom stereocenters.